The second-order valence-corrected chi connectivity index (χ2v) is 4.62. The van der Waals surface area contributed by atoms with Gasteiger partial charge in [-0.1, -0.05) is 0 Å². The van der Waals surface area contributed by atoms with Crippen molar-refractivity contribution >= 4 is 18.4 Å². The summed E-state index contributed by atoms with van der Waals surface area (Å²) in [7, 11) is 0. The highest BCUT2D eigenvalue weighted by Gasteiger charge is 2.07. The third-order valence-corrected chi connectivity index (χ3v) is 3.07. The van der Waals surface area contributed by atoms with Crippen molar-refractivity contribution in [3.05, 3.63) is 59.1 Å². The Kier molecular flexibility index (Phi) is 3.57. The molecule has 0 aliphatic carbocycles. The monoisotopic (exact) mass is 297 g/mol. The number of aromatic hydroxyl groups is 1. The zero-order valence-electron chi connectivity index (χ0n) is 10.8. The molecule has 0 bridgehead atoms. The summed E-state index contributed by atoms with van der Waals surface area (Å²) in [4.78, 5) is 3.97. The number of rotatable bonds is 3. The van der Waals surface area contributed by atoms with Crippen molar-refractivity contribution in [2.45, 2.75) is 0 Å². The van der Waals surface area contributed by atoms with E-state index in [0.29, 0.717) is 10.6 Å². The average molecular weight is 297 g/mol. The van der Waals surface area contributed by atoms with E-state index in [9.17, 15) is 5.11 Å². The van der Waals surface area contributed by atoms with Gasteiger partial charge in [-0.2, -0.15) is 14.9 Å². The fourth-order valence-electron chi connectivity index (χ4n) is 1.77. The highest BCUT2D eigenvalue weighted by Crippen LogP contribution is 2.15. The number of aromatic nitrogens is 4. The van der Waals surface area contributed by atoms with E-state index in [1.54, 1.807) is 42.9 Å². The summed E-state index contributed by atoms with van der Waals surface area (Å²) >= 11 is 5.18. The third kappa shape index (κ3) is 2.87. The molecule has 2 N–H and O–H groups in total. The minimum Gasteiger partial charge on any atom is -0.508 e. The summed E-state index contributed by atoms with van der Waals surface area (Å²) < 4.78 is 1.94. The number of phenols is 1. The van der Waals surface area contributed by atoms with Crippen LogP contribution in [0, 0.1) is 4.77 Å². The molecule has 21 heavy (non-hydrogen) atoms. The van der Waals surface area contributed by atoms with Crippen LogP contribution in [0.15, 0.2) is 53.9 Å². The van der Waals surface area contributed by atoms with Crippen LogP contribution in [0.1, 0.15) is 5.56 Å². The number of benzene rings is 1. The number of nitrogens with zero attached hydrogens (tertiary/aromatic N) is 4. The third-order valence-electron chi connectivity index (χ3n) is 2.80. The Morgan fingerprint density at radius 1 is 1.14 bits per heavy atom. The van der Waals surface area contributed by atoms with E-state index in [-0.39, 0.29) is 5.75 Å². The van der Waals surface area contributed by atoms with Crippen LogP contribution >= 0.6 is 12.2 Å². The van der Waals surface area contributed by atoms with Gasteiger partial charge in [-0.25, -0.2) is 5.10 Å². The lowest BCUT2D eigenvalue weighted by Crippen LogP contribution is -1.95. The van der Waals surface area contributed by atoms with Crippen LogP contribution in [0.25, 0.3) is 11.4 Å². The molecule has 0 unspecified atom stereocenters. The summed E-state index contributed by atoms with van der Waals surface area (Å²) in [5.41, 5.74) is 1.71. The fourth-order valence-corrected chi connectivity index (χ4v) is 1.95. The fraction of sp³-hybridized carbons (Fsp3) is 0. The summed E-state index contributed by atoms with van der Waals surface area (Å²) in [6, 6.07) is 10.4. The van der Waals surface area contributed by atoms with Gasteiger partial charge in [0.05, 0.1) is 6.21 Å². The van der Waals surface area contributed by atoms with Gasteiger partial charge in [-0.3, -0.25) is 4.98 Å². The SMILES string of the molecule is Oc1ccc(C=Nn2c(-c3ccncc3)n[nH]c2=S)cc1. The molecule has 2 aromatic heterocycles. The molecule has 0 aliphatic heterocycles. The van der Waals surface area contributed by atoms with E-state index >= 15 is 0 Å². The van der Waals surface area contributed by atoms with Gasteiger partial charge in [0.25, 0.3) is 0 Å². The van der Waals surface area contributed by atoms with Gasteiger partial charge in [0.1, 0.15) is 5.75 Å². The smallest absolute Gasteiger partial charge is 0.216 e. The highest BCUT2D eigenvalue weighted by molar-refractivity contribution is 7.71. The Labute approximate surface area is 125 Å². The Balaban J connectivity index is 1.98. The van der Waals surface area contributed by atoms with Gasteiger partial charge in [0.2, 0.25) is 4.77 Å². The van der Waals surface area contributed by atoms with Gasteiger partial charge in [-0.05, 0) is 54.2 Å². The van der Waals surface area contributed by atoms with E-state index in [4.69, 9.17) is 12.2 Å². The summed E-state index contributed by atoms with van der Waals surface area (Å²) in [6.07, 6.45) is 5.01. The first-order valence-electron chi connectivity index (χ1n) is 6.15. The molecule has 7 heteroatoms. The number of aromatic amines is 1. The molecule has 6 nitrogen and oxygen atoms in total. The predicted molar refractivity (Wildman–Crippen MR) is 81.7 cm³/mol. The number of hydrogen-bond donors (Lipinski definition) is 2. The maximum absolute atomic E-state index is 9.26. The lowest BCUT2D eigenvalue weighted by molar-refractivity contribution is 0.475. The summed E-state index contributed by atoms with van der Waals surface area (Å²) in [6.45, 7) is 0. The molecule has 0 fully saturated rings. The van der Waals surface area contributed by atoms with Crippen molar-refractivity contribution in [2.24, 2.45) is 5.10 Å². The van der Waals surface area contributed by atoms with Crippen LogP contribution in [-0.2, 0) is 0 Å². The number of nitrogens with one attached hydrogen (secondary N) is 1. The maximum atomic E-state index is 9.26. The first-order valence-corrected chi connectivity index (χ1v) is 6.56. The zero-order chi connectivity index (χ0) is 14.7. The maximum Gasteiger partial charge on any atom is 0.216 e. The Morgan fingerprint density at radius 3 is 2.57 bits per heavy atom. The van der Waals surface area contributed by atoms with Crippen LogP contribution in [0.2, 0.25) is 0 Å². The molecule has 3 aromatic rings. The van der Waals surface area contributed by atoms with Crippen LogP contribution in [0.4, 0.5) is 0 Å². The van der Waals surface area contributed by atoms with Crippen LogP contribution in [-0.4, -0.2) is 31.2 Å². The molecule has 0 spiro atoms. The van der Waals surface area contributed by atoms with Crippen LogP contribution < -0.4 is 0 Å². The molecule has 104 valence electrons. The van der Waals surface area contributed by atoms with Crippen molar-refractivity contribution in [1.82, 2.24) is 19.9 Å². The number of hydrogen-bond acceptors (Lipinski definition) is 5. The predicted octanol–water partition coefficient (Wildman–Crippen LogP) is 2.59. The zero-order valence-corrected chi connectivity index (χ0v) is 11.7. The van der Waals surface area contributed by atoms with E-state index in [1.807, 2.05) is 12.1 Å². The largest absolute Gasteiger partial charge is 0.508 e. The Bertz CT molecular complexity index is 821. The van der Waals surface area contributed by atoms with E-state index < -0.39 is 0 Å². The Hall–Kier alpha value is -2.80. The molecule has 0 atom stereocenters. The first-order chi connectivity index (χ1) is 10.2. The quantitative estimate of drug-likeness (QED) is 0.575. The minimum atomic E-state index is 0.213. The van der Waals surface area contributed by atoms with Crippen molar-refractivity contribution in [3.8, 4) is 17.1 Å². The molecule has 0 aliphatic rings. The van der Waals surface area contributed by atoms with Gasteiger partial charge in [-0.15, -0.1) is 0 Å². The van der Waals surface area contributed by atoms with E-state index in [1.165, 1.54) is 4.68 Å². The van der Waals surface area contributed by atoms with Gasteiger partial charge < -0.3 is 5.11 Å². The lowest BCUT2D eigenvalue weighted by atomic mass is 10.2. The van der Waals surface area contributed by atoms with Gasteiger partial charge >= 0.3 is 0 Å². The molecule has 0 saturated carbocycles. The average Bonchev–Trinajstić information content (AvgIpc) is 2.89. The molecule has 0 amide bonds. The van der Waals surface area contributed by atoms with Crippen LogP contribution in [0.3, 0.4) is 0 Å². The molecule has 0 radical (unpaired) electrons. The highest BCUT2D eigenvalue weighted by atomic mass is 32.1. The normalized spacial score (nSPS) is 11.0. The Morgan fingerprint density at radius 2 is 1.86 bits per heavy atom. The molecule has 2 heterocycles. The molecule has 3 rings (SSSR count). The molecular formula is C14H11N5OS. The lowest BCUT2D eigenvalue weighted by Gasteiger charge is -2.00. The second-order valence-electron chi connectivity index (χ2n) is 4.24. The molecule has 1 aromatic carbocycles. The summed E-state index contributed by atoms with van der Waals surface area (Å²) in [5.74, 6) is 0.821. The first kappa shape index (κ1) is 13.2. The van der Waals surface area contributed by atoms with Crippen molar-refractivity contribution in [3.63, 3.8) is 0 Å². The van der Waals surface area contributed by atoms with Crippen LogP contribution in [0.5, 0.6) is 5.75 Å². The number of pyridine rings is 1. The second kappa shape index (κ2) is 5.68. The number of phenolic OH excluding ortho intramolecular Hbond substituents is 1. The van der Waals surface area contributed by atoms with E-state index in [0.717, 1.165) is 11.1 Å². The van der Waals surface area contributed by atoms with E-state index in [2.05, 4.69) is 20.3 Å². The van der Waals surface area contributed by atoms with Gasteiger partial charge in [0.15, 0.2) is 5.82 Å². The van der Waals surface area contributed by atoms with Crippen molar-refractivity contribution in [2.75, 3.05) is 0 Å². The van der Waals surface area contributed by atoms with Crippen molar-refractivity contribution < 1.29 is 5.11 Å². The van der Waals surface area contributed by atoms with Crippen molar-refractivity contribution in [1.29, 1.82) is 0 Å². The molecule has 0 saturated heterocycles. The topological polar surface area (TPSA) is 79.1 Å². The summed E-state index contributed by atoms with van der Waals surface area (Å²) in [5, 5.41) is 20.5. The van der Waals surface area contributed by atoms with Gasteiger partial charge in [0, 0.05) is 18.0 Å². The minimum absolute atomic E-state index is 0.213. The molecular weight excluding hydrogens is 286 g/mol. The number of H-pyrrole nitrogens is 1. The standard InChI is InChI=1S/C14H11N5OS/c20-12-3-1-10(2-4-12)9-16-19-13(17-18-14(19)21)11-5-7-15-8-6-11/h1-9,20H,(H,18,21).